The van der Waals surface area contributed by atoms with Crippen molar-refractivity contribution >= 4 is 21.0 Å². The number of imidazole rings is 1. The third-order valence-corrected chi connectivity index (χ3v) is 7.93. The molecule has 0 saturated heterocycles. The van der Waals surface area contributed by atoms with Crippen LogP contribution in [0.4, 0.5) is 22.0 Å². The molecule has 37 heavy (non-hydrogen) atoms. The van der Waals surface area contributed by atoms with Crippen LogP contribution < -0.4 is 0 Å². The van der Waals surface area contributed by atoms with Crippen LogP contribution in [0.1, 0.15) is 36.9 Å². The van der Waals surface area contributed by atoms with E-state index in [-0.39, 0.29) is 33.3 Å². The normalized spacial score (nSPS) is 14.9. The number of halogens is 5. The first kappa shape index (κ1) is 25.1. The quantitative estimate of drug-likeness (QED) is 0.325. The maximum atomic E-state index is 13.9. The lowest BCUT2D eigenvalue weighted by atomic mass is 10.1. The molecule has 8 nitrogen and oxygen atoms in total. The molecule has 1 aliphatic rings. The second-order valence-electron chi connectivity index (χ2n) is 8.73. The number of alkyl halides is 5. The number of aromatic nitrogens is 6. The molecule has 4 heterocycles. The highest BCUT2D eigenvalue weighted by Gasteiger charge is 2.59. The molecule has 0 amide bonds. The predicted molar refractivity (Wildman–Crippen MR) is 122 cm³/mol. The van der Waals surface area contributed by atoms with Crippen LogP contribution in [0, 0.1) is 0 Å². The van der Waals surface area contributed by atoms with E-state index in [1.165, 1.54) is 30.8 Å². The molecular weight excluding hydrogens is 519 g/mol. The first-order valence-electron chi connectivity index (χ1n) is 11.2. The molecule has 0 aromatic carbocycles. The minimum absolute atomic E-state index is 0.0241. The van der Waals surface area contributed by atoms with Gasteiger partial charge in [-0.15, -0.1) is 0 Å². The van der Waals surface area contributed by atoms with Crippen LogP contribution in [0.15, 0.2) is 41.6 Å². The van der Waals surface area contributed by atoms with E-state index in [2.05, 4.69) is 25.1 Å². The lowest BCUT2D eigenvalue weighted by Gasteiger charge is -2.19. The summed E-state index contributed by atoms with van der Waals surface area (Å²) in [7, 11) is -2.45. The van der Waals surface area contributed by atoms with Gasteiger partial charge >= 0.3 is 12.1 Å². The fourth-order valence-corrected chi connectivity index (χ4v) is 4.92. The van der Waals surface area contributed by atoms with E-state index in [9.17, 15) is 30.4 Å². The van der Waals surface area contributed by atoms with Crippen molar-refractivity contribution in [2.75, 3.05) is 5.75 Å². The highest BCUT2D eigenvalue weighted by atomic mass is 32.2. The second kappa shape index (κ2) is 8.50. The van der Waals surface area contributed by atoms with Gasteiger partial charge in [0.05, 0.1) is 27.6 Å². The van der Waals surface area contributed by atoms with Crippen molar-refractivity contribution in [1.29, 1.82) is 0 Å². The summed E-state index contributed by atoms with van der Waals surface area (Å²) in [5.74, 6) is -5.09. The van der Waals surface area contributed by atoms with Gasteiger partial charge in [0.25, 0.3) is 0 Å². The molecule has 5 rings (SSSR count). The monoisotopic (exact) mass is 538 g/mol. The minimum Gasteiger partial charge on any atom is -0.310 e. The van der Waals surface area contributed by atoms with E-state index in [0.717, 1.165) is 18.5 Å². The molecule has 1 fully saturated rings. The Balaban J connectivity index is 1.63. The van der Waals surface area contributed by atoms with Crippen molar-refractivity contribution in [1.82, 2.24) is 29.7 Å². The Morgan fingerprint density at radius 1 is 1.03 bits per heavy atom. The number of hydrogen-bond donors (Lipinski definition) is 0. The smallest absolute Gasteiger partial charge is 0.310 e. The number of hydrogen-bond acceptors (Lipinski definition) is 7. The molecule has 0 bridgehead atoms. The molecule has 4 aromatic heterocycles. The topological polar surface area (TPSA) is 104 Å². The van der Waals surface area contributed by atoms with Crippen LogP contribution in [-0.2, 0) is 22.8 Å². The van der Waals surface area contributed by atoms with Crippen molar-refractivity contribution in [3.8, 4) is 22.8 Å². The first-order valence-corrected chi connectivity index (χ1v) is 12.8. The van der Waals surface area contributed by atoms with Gasteiger partial charge in [-0.05, 0) is 37.1 Å². The Morgan fingerprint density at radius 3 is 2.35 bits per heavy atom. The number of rotatable bonds is 6. The molecule has 0 atom stereocenters. The summed E-state index contributed by atoms with van der Waals surface area (Å²) in [5.41, 5.74) is -0.128. The SMILES string of the molecule is CCS(=O)(=O)c1cc(-c2ccc(C3CC3)nn2)cnc1-c1nc2cc(C(F)(F)C(F)(F)F)cnc2n1C. The van der Waals surface area contributed by atoms with Gasteiger partial charge < -0.3 is 4.57 Å². The Labute approximate surface area is 207 Å². The number of sulfone groups is 1. The molecule has 14 heteroatoms. The molecular formula is C23H19F5N6O2S. The van der Waals surface area contributed by atoms with Crippen LogP contribution in [-0.4, -0.2) is 50.1 Å². The Hall–Kier alpha value is -3.55. The maximum absolute atomic E-state index is 13.9. The first-order chi connectivity index (χ1) is 17.3. The molecule has 1 aliphatic carbocycles. The third kappa shape index (κ3) is 4.32. The Morgan fingerprint density at radius 2 is 1.76 bits per heavy atom. The van der Waals surface area contributed by atoms with Crippen molar-refractivity contribution in [2.45, 2.75) is 42.7 Å². The molecule has 194 valence electrons. The number of nitrogens with zero attached hydrogens (tertiary/aromatic N) is 6. The number of pyridine rings is 2. The standard InChI is InChI=1S/C23H19F5N6O2S/c1-3-37(35,36)18-8-13(16-7-6-15(32-33-16)12-4-5-12)10-29-19(18)21-31-17-9-14(11-30-20(17)34(21)2)22(24,25)23(26,27)28/h6-12H,3-5H2,1-2H3. The number of fused-ring (bicyclic) bond motifs is 1. The van der Waals surface area contributed by atoms with Gasteiger partial charge in [-0.2, -0.15) is 32.1 Å². The third-order valence-electron chi connectivity index (χ3n) is 6.18. The fourth-order valence-electron chi connectivity index (χ4n) is 3.86. The van der Waals surface area contributed by atoms with Crippen LogP contribution in [0.25, 0.3) is 33.9 Å². The van der Waals surface area contributed by atoms with Crippen molar-refractivity contribution in [2.24, 2.45) is 7.05 Å². The summed E-state index contributed by atoms with van der Waals surface area (Å²) in [6.45, 7) is 1.44. The van der Waals surface area contributed by atoms with Gasteiger partial charge in [0, 0.05) is 30.9 Å². The molecule has 1 saturated carbocycles. The van der Waals surface area contributed by atoms with Crippen molar-refractivity contribution in [3.05, 3.63) is 47.9 Å². The zero-order valence-electron chi connectivity index (χ0n) is 19.5. The number of aryl methyl sites for hydroxylation is 1. The maximum Gasteiger partial charge on any atom is 0.458 e. The Kier molecular flexibility index (Phi) is 5.77. The summed E-state index contributed by atoms with van der Waals surface area (Å²) in [6.07, 6.45) is -1.93. The van der Waals surface area contributed by atoms with Crippen molar-refractivity contribution in [3.63, 3.8) is 0 Å². The highest BCUT2D eigenvalue weighted by Crippen LogP contribution is 2.44. The molecule has 0 unspecified atom stereocenters. The van der Waals surface area contributed by atoms with Crippen molar-refractivity contribution < 1.29 is 30.4 Å². The van der Waals surface area contributed by atoms with Gasteiger partial charge in [-0.3, -0.25) is 4.98 Å². The molecule has 4 aromatic rings. The van der Waals surface area contributed by atoms with Gasteiger partial charge in [0.2, 0.25) is 0 Å². The summed E-state index contributed by atoms with van der Waals surface area (Å²) in [6, 6.07) is 5.51. The fraction of sp³-hybridized carbons (Fsp3) is 0.348. The van der Waals surface area contributed by atoms with Crippen LogP contribution in [0.2, 0.25) is 0 Å². The van der Waals surface area contributed by atoms with Gasteiger partial charge in [0.1, 0.15) is 11.2 Å². The van der Waals surface area contributed by atoms with Crippen LogP contribution in [0.5, 0.6) is 0 Å². The molecule has 0 N–H and O–H groups in total. The van der Waals surface area contributed by atoms with Gasteiger partial charge in [-0.1, -0.05) is 6.92 Å². The predicted octanol–water partition coefficient (Wildman–Crippen LogP) is 4.81. The summed E-state index contributed by atoms with van der Waals surface area (Å²) >= 11 is 0. The summed E-state index contributed by atoms with van der Waals surface area (Å²) in [4.78, 5) is 12.0. The lowest BCUT2D eigenvalue weighted by Crippen LogP contribution is -2.33. The Bertz CT molecular complexity index is 1610. The van der Waals surface area contributed by atoms with Crippen LogP contribution in [0.3, 0.4) is 0 Å². The minimum atomic E-state index is -5.82. The van der Waals surface area contributed by atoms with E-state index < -0.39 is 27.5 Å². The van der Waals surface area contributed by atoms with E-state index in [1.807, 2.05) is 6.07 Å². The average molecular weight is 539 g/mol. The van der Waals surface area contributed by atoms with E-state index >= 15 is 0 Å². The average Bonchev–Trinajstić information content (AvgIpc) is 3.66. The summed E-state index contributed by atoms with van der Waals surface area (Å²) in [5, 5.41) is 8.39. The largest absolute Gasteiger partial charge is 0.458 e. The highest BCUT2D eigenvalue weighted by molar-refractivity contribution is 7.91. The van der Waals surface area contributed by atoms with Gasteiger partial charge in [-0.25, -0.2) is 18.4 Å². The summed E-state index contributed by atoms with van der Waals surface area (Å²) < 4.78 is 93.5. The molecule has 0 spiro atoms. The van der Waals surface area contributed by atoms with E-state index in [1.54, 1.807) is 6.07 Å². The van der Waals surface area contributed by atoms with E-state index in [4.69, 9.17) is 0 Å². The lowest BCUT2D eigenvalue weighted by molar-refractivity contribution is -0.289. The van der Waals surface area contributed by atoms with Gasteiger partial charge in [0.15, 0.2) is 21.3 Å². The van der Waals surface area contributed by atoms with Crippen LogP contribution >= 0.6 is 0 Å². The zero-order valence-corrected chi connectivity index (χ0v) is 20.3. The molecule has 0 aliphatic heterocycles. The molecule has 0 radical (unpaired) electrons. The zero-order chi connectivity index (χ0) is 26.8. The second-order valence-corrected chi connectivity index (χ2v) is 11.0. The van der Waals surface area contributed by atoms with E-state index in [0.29, 0.717) is 29.4 Å².